The third-order valence-corrected chi connectivity index (χ3v) is 2.29. The van der Waals surface area contributed by atoms with Crippen LogP contribution in [0.3, 0.4) is 0 Å². The third-order valence-electron chi connectivity index (χ3n) is 2.29. The lowest BCUT2D eigenvalue weighted by atomic mass is 10.2. The molecule has 0 saturated heterocycles. The maximum atomic E-state index is 10.8. The molecule has 1 rings (SSSR count). The quantitative estimate of drug-likeness (QED) is 0.638. The van der Waals surface area contributed by atoms with Gasteiger partial charge in [0.2, 0.25) is 5.91 Å². The first-order valence-corrected chi connectivity index (χ1v) is 4.22. The summed E-state index contributed by atoms with van der Waals surface area (Å²) >= 11 is 0. The van der Waals surface area contributed by atoms with Gasteiger partial charge in [-0.2, -0.15) is 0 Å². The van der Waals surface area contributed by atoms with Gasteiger partial charge in [0.05, 0.1) is 6.04 Å². The van der Waals surface area contributed by atoms with E-state index >= 15 is 0 Å². The molecule has 1 fully saturated rings. The van der Waals surface area contributed by atoms with Gasteiger partial charge in [-0.1, -0.05) is 6.92 Å². The highest BCUT2D eigenvalue weighted by Crippen LogP contribution is 2.27. The normalized spacial score (nSPS) is 20.3. The fourth-order valence-corrected chi connectivity index (χ4v) is 1.42. The molecule has 0 aliphatic heterocycles. The van der Waals surface area contributed by atoms with E-state index in [4.69, 9.17) is 5.73 Å². The summed E-state index contributed by atoms with van der Waals surface area (Å²) < 4.78 is 0. The lowest BCUT2D eigenvalue weighted by Gasteiger charge is -2.24. The summed E-state index contributed by atoms with van der Waals surface area (Å²) in [6, 6.07) is 0.537. The van der Waals surface area contributed by atoms with Gasteiger partial charge in [-0.05, 0) is 26.3 Å². The van der Waals surface area contributed by atoms with Crippen molar-refractivity contribution < 1.29 is 4.79 Å². The third kappa shape index (κ3) is 1.93. The van der Waals surface area contributed by atoms with E-state index in [1.165, 1.54) is 12.8 Å². The monoisotopic (exact) mass is 156 g/mol. The Morgan fingerprint density at radius 3 is 2.55 bits per heavy atom. The minimum atomic E-state index is -0.209. The zero-order valence-electron chi connectivity index (χ0n) is 7.21. The summed E-state index contributed by atoms with van der Waals surface area (Å²) in [6.45, 7) is 4.87. The van der Waals surface area contributed by atoms with E-state index in [0.29, 0.717) is 6.04 Å². The average Bonchev–Trinajstić information content (AvgIpc) is 2.72. The number of amides is 1. The molecule has 64 valence electrons. The van der Waals surface area contributed by atoms with Crippen LogP contribution in [0.5, 0.6) is 0 Å². The highest BCUT2D eigenvalue weighted by molar-refractivity contribution is 5.79. The van der Waals surface area contributed by atoms with E-state index in [1.807, 2.05) is 6.92 Å². The van der Waals surface area contributed by atoms with Crippen LogP contribution in [-0.2, 0) is 4.79 Å². The Morgan fingerprint density at radius 1 is 1.73 bits per heavy atom. The number of hydrogen-bond acceptors (Lipinski definition) is 2. The summed E-state index contributed by atoms with van der Waals surface area (Å²) in [5, 5.41) is 0. The molecule has 3 nitrogen and oxygen atoms in total. The number of carbonyl (C=O) groups excluding carboxylic acids is 1. The summed E-state index contributed by atoms with van der Waals surface area (Å²) in [5.74, 6) is -0.209. The van der Waals surface area contributed by atoms with Crippen molar-refractivity contribution in [3.8, 4) is 0 Å². The minimum Gasteiger partial charge on any atom is -0.368 e. The lowest BCUT2D eigenvalue weighted by molar-refractivity contribution is -0.122. The van der Waals surface area contributed by atoms with Crippen molar-refractivity contribution in [2.24, 2.45) is 5.73 Å². The van der Waals surface area contributed by atoms with E-state index in [1.54, 1.807) is 0 Å². The zero-order chi connectivity index (χ0) is 8.43. The Labute approximate surface area is 67.5 Å². The van der Waals surface area contributed by atoms with E-state index in [-0.39, 0.29) is 11.9 Å². The molecule has 2 N–H and O–H groups in total. The average molecular weight is 156 g/mol. The highest BCUT2D eigenvalue weighted by Gasteiger charge is 2.32. The lowest BCUT2D eigenvalue weighted by Crippen LogP contribution is -2.43. The van der Waals surface area contributed by atoms with Crippen molar-refractivity contribution in [3.63, 3.8) is 0 Å². The largest absolute Gasteiger partial charge is 0.368 e. The minimum absolute atomic E-state index is 0.0903. The van der Waals surface area contributed by atoms with E-state index in [0.717, 1.165) is 6.54 Å². The Morgan fingerprint density at radius 2 is 2.27 bits per heavy atom. The van der Waals surface area contributed by atoms with E-state index in [2.05, 4.69) is 11.8 Å². The topological polar surface area (TPSA) is 46.3 Å². The van der Waals surface area contributed by atoms with Gasteiger partial charge >= 0.3 is 0 Å². The first-order valence-electron chi connectivity index (χ1n) is 4.22. The summed E-state index contributed by atoms with van der Waals surface area (Å²) in [7, 11) is 0. The maximum absolute atomic E-state index is 10.8. The molecule has 0 bridgehead atoms. The Kier molecular flexibility index (Phi) is 2.49. The number of hydrogen-bond donors (Lipinski definition) is 1. The Bertz CT molecular complexity index is 154. The van der Waals surface area contributed by atoms with Crippen molar-refractivity contribution in [1.29, 1.82) is 0 Å². The van der Waals surface area contributed by atoms with Crippen molar-refractivity contribution >= 4 is 5.91 Å². The van der Waals surface area contributed by atoms with E-state index < -0.39 is 0 Å². The van der Waals surface area contributed by atoms with Gasteiger partial charge in [-0.25, -0.2) is 0 Å². The maximum Gasteiger partial charge on any atom is 0.234 e. The van der Waals surface area contributed by atoms with Crippen molar-refractivity contribution in [2.75, 3.05) is 6.54 Å². The number of rotatable bonds is 4. The smallest absolute Gasteiger partial charge is 0.234 e. The van der Waals surface area contributed by atoms with Gasteiger partial charge in [-0.15, -0.1) is 0 Å². The molecular weight excluding hydrogens is 140 g/mol. The SMILES string of the molecule is CCN(C1CC1)C(C)C(N)=O. The second-order valence-corrected chi connectivity index (χ2v) is 3.14. The van der Waals surface area contributed by atoms with Crippen LogP contribution in [0, 0.1) is 0 Å². The molecule has 1 aliphatic carbocycles. The van der Waals surface area contributed by atoms with Crippen LogP contribution in [0.4, 0.5) is 0 Å². The first-order chi connectivity index (χ1) is 5.16. The second kappa shape index (κ2) is 3.22. The van der Waals surface area contributed by atoms with Crippen LogP contribution in [0.2, 0.25) is 0 Å². The Balaban J connectivity index is 2.45. The molecule has 1 aliphatic rings. The second-order valence-electron chi connectivity index (χ2n) is 3.14. The fourth-order valence-electron chi connectivity index (χ4n) is 1.42. The van der Waals surface area contributed by atoms with Gasteiger partial charge in [0.15, 0.2) is 0 Å². The summed E-state index contributed by atoms with van der Waals surface area (Å²) in [5.41, 5.74) is 5.20. The van der Waals surface area contributed by atoms with Crippen molar-refractivity contribution in [1.82, 2.24) is 4.90 Å². The van der Waals surface area contributed by atoms with Crippen LogP contribution >= 0.6 is 0 Å². The van der Waals surface area contributed by atoms with Gasteiger partial charge in [0, 0.05) is 6.04 Å². The molecule has 1 saturated carbocycles. The molecule has 0 aromatic rings. The van der Waals surface area contributed by atoms with Gasteiger partial charge < -0.3 is 5.73 Å². The summed E-state index contributed by atoms with van der Waals surface area (Å²) in [6.07, 6.45) is 2.46. The van der Waals surface area contributed by atoms with Gasteiger partial charge in [0.25, 0.3) is 0 Å². The molecular formula is C8H16N2O. The van der Waals surface area contributed by atoms with Crippen LogP contribution in [-0.4, -0.2) is 29.4 Å². The number of carbonyl (C=O) groups is 1. The predicted molar refractivity (Wildman–Crippen MR) is 44.1 cm³/mol. The van der Waals surface area contributed by atoms with E-state index in [9.17, 15) is 4.79 Å². The standard InChI is InChI=1S/C8H16N2O/c1-3-10(7-4-5-7)6(2)8(9)11/h6-7H,3-5H2,1-2H3,(H2,9,11). The molecule has 11 heavy (non-hydrogen) atoms. The molecule has 0 aromatic heterocycles. The molecule has 0 aromatic carbocycles. The van der Waals surface area contributed by atoms with Crippen LogP contribution in [0.15, 0.2) is 0 Å². The number of likely N-dealkylation sites (N-methyl/N-ethyl adjacent to an activating group) is 1. The number of nitrogens with zero attached hydrogens (tertiary/aromatic N) is 1. The highest BCUT2D eigenvalue weighted by atomic mass is 16.1. The van der Waals surface area contributed by atoms with Crippen molar-refractivity contribution in [3.05, 3.63) is 0 Å². The molecule has 0 radical (unpaired) electrons. The van der Waals surface area contributed by atoms with Crippen LogP contribution in [0.1, 0.15) is 26.7 Å². The summed E-state index contributed by atoms with van der Waals surface area (Å²) in [4.78, 5) is 13.0. The molecule has 1 amide bonds. The first kappa shape index (κ1) is 8.53. The number of nitrogens with two attached hydrogens (primary N) is 1. The number of primary amides is 1. The van der Waals surface area contributed by atoms with Crippen molar-refractivity contribution in [2.45, 2.75) is 38.8 Å². The molecule has 0 heterocycles. The molecule has 0 spiro atoms. The molecule has 1 unspecified atom stereocenters. The molecule has 3 heteroatoms. The zero-order valence-corrected chi connectivity index (χ0v) is 7.21. The fraction of sp³-hybridized carbons (Fsp3) is 0.875. The predicted octanol–water partition coefficient (Wildman–Crippen LogP) is 0.345. The van der Waals surface area contributed by atoms with Gasteiger partial charge in [0.1, 0.15) is 0 Å². The van der Waals surface area contributed by atoms with Crippen LogP contribution in [0.25, 0.3) is 0 Å². The molecule has 1 atom stereocenters. The van der Waals surface area contributed by atoms with Gasteiger partial charge in [-0.3, -0.25) is 9.69 Å². The van der Waals surface area contributed by atoms with Crippen LogP contribution < -0.4 is 5.73 Å². The Hall–Kier alpha value is -0.570.